The van der Waals surface area contributed by atoms with Gasteiger partial charge in [0, 0.05) is 0 Å². The van der Waals surface area contributed by atoms with Crippen molar-refractivity contribution in [1.82, 2.24) is 0 Å². The minimum Gasteiger partial charge on any atom is -0.166 e. The summed E-state index contributed by atoms with van der Waals surface area (Å²) in [6.07, 6.45) is -8.82. The summed E-state index contributed by atoms with van der Waals surface area (Å²) in [4.78, 5) is 0. The van der Waals surface area contributed by atoms with Crippen molar-refractivity contribution in [3.8, 4) is 22.3 Å². The highest BCUT2D eigenvalue weighted by Crippen LogP contribution is 2.33. The maximum absolute atomic E-state index is 12.6. The first-order valence-corrected chi connectivity index (χ1v) is 7.51. The molecule has 133 valence electrons. The number of hydrogen-bond donors (Lipinski definition) is 0. The van der Waals surface area contributed by atoms with E-state index in [0.29, 0.717) is 22.3 Å². The molecule has 3 aromatic rings. The van der Waals surface area contributed by atoms with Gasteiger partial charge >= 0.3 is 12.4 Å². The van der Waals surface area contributed by atoms with Crippen molar-refractivity contribution in [2.45, 2.75) is 12.4 Å². The van der Waals surface area contributed by atoms with Crippen molar-refractivity contribution in [2.24, 2.45) is 0 Å². The SMILES string of the molecule is FC(F)(F)c1ccc(-c2c[c]cc(-c3ccc(C(F)(F)F)cc3)c2)cc1. The zero-order chi connectivity index (χ0) is 18.9. The Labute approximate surface area is 145 Å². The molecule has 0 nitrogen and oxygen atoms in total. The van der Waals surface area contributed by atoms with Crippen LogP contribution in [0.5, 0.6) is 0 Å². The van der Waals surface area contributed by atoms with E-state index in [0.717, 1.165) is 24.3 Å². The van der Waals surface area contributed by atoms with E-state index < -0.39 is 23.5 Å². The monoisotopic (exact) mass is 365 g/mol. The van der Waals surface area contributed by atoms with Crippen LogP contribution in [0.2, 0.25) is 0 Å². The smallest absolute Gasteiger partial charge is 0.166 e. The predicted molar refractivity (Wildman–Crippen MR) is 86.2 cm³/mol. The van der Waals surface area contributed by atoms with Gasteiger partial charge in [-0.15, -0.1) is 0 Å². The van der Waals surface area contributed by atoms with Gasteiger partial charge in [-0.2, -0.15) is 26.3 Å². The number of alkyl halides is 6. The van der Waals surface area contributed by atoms with Gasteiger partial charge in [0.15, 0.2) is 0 Å². The fourth-order valence-corrected chi connectivity index (χ4v) is 2.51. The van der Waals surface area contributed by atoms with E-state index in [2.05, 4.69) is 6.07 Å². The van der Waals surface area contributed by atoms with Crippen molar-refractivity contribution < 1.29 is 26.3 Å². The van der Waals surface area contributed by atoms with Crippen molar-refractivity contribution in [3.63, 3.8) is 0 Å². The van der Waals surface area contributed by atoms with Crippen molar-refractivity contribution >= 4 is 0 Å². The van der Waals surface area contributed by atoms with E-state index in [1.807, 2.05) is 0 Å². The van der Waals surface area contributed by atoms with E-state index in [-0.39, 0.29) is 0 Å². The highest BCUT2D eigenvalue weighted by Gasteiger charge is 2.30. The predicted octanol–water partition coefficient (Wildman–Crippen LogP) is 6.86. The second-order valence-corrected chi connectivity index (χ2v) is 5.66. The highest BCUT2D eigenvalue weighted by molar-refractivity contribution is 5.73. The lowest BCUT2D eigenvalue weighted by molar-refractivity contribution is -0.138. The Morgan fingerprint density at radius 2 is 0.846 bits per heavy atom. The van der Waals surface area contributed by atoms with Crippen LogP contribution in [0.15, 0.2) is 66.7 Å². The molecule has 0 unspecified atom stereocenters. The van der Waals surface area contributed by atoms with Crippen LogP contribution in [0.1, 0.15) is 11.1 Å². The van der Waals surface area contributed by atoms with Crippen LogP contribution < -0.4 is 0 Å². The molecule has 0 N–H and O–H groups in total. The van der Waals surface area contributed by atoms with Crippen molar-refractivity contribution in [1.29, 1.82) is 0 Å². The van der Waals surface area contributed by atoms with Gasteiger partial charge in [0.25, 0.3) is 0 Å². The molecule has 0 spiro atoms. The van der Waals surface area contributed by atoms with Crippen LogP contribution in [0, 0.1) is 6.07 Å². The van der Waals surface area contributed by atoms with E-state index in [1.165, 1.54) is 24.3 Å². The first-order valence-electron chi connectivity index (χ1n) is 7.51. The minimum absolute atomic E-state index is 0.558. The molecular weight excluding hydrogens is 354 g/mol. The Bertz CT molecular complexity index is 815. The first-order chi connectivity index (χ1) is 12.1. The average Bonchev–Trinajstić information content (AvgIpc) is 2.61. The van der Waals surface area contributed by atoms with Gasteiger partial charge in [0.05, 0.1) is 11.1 Å². The molecule has 0 aliphatic carbocycles. The second-order valence-electron chi connectivity index (χ2n) is 5.66. The maximum Gasteiger partial charge on any atom is 0.416 e. The van der Waals surface area contributed by atoms with Gasteiger partial charge in [-0.1, -0.05) is 24.3 Å². The first kappa shape index (κ1) is 18.0. The Kier molecular flexibility index (Phi) is 4.52. The Morgan fingerprint density at radius 1 is 0.500 bits per heavy atom. The third-order valence-corrected chi connectivity index (χ3v) is 3.88. The molecule has 3 rings (SSSR count). The van der Waals surface area contributed by atoms with E-state index >= 15 is 0 Å². The summed E-state index contributed by atoms with van der Waals surface area (Å²) in [6, 6.07) is 17.1. The Balaban J connectivity index is 1.91. The lowest BCUT2D eigenvalue weighted by atomic mass is 9.98. The quantitative estimate of drug-likeness (QED) is 0.435. The molecule has 0 heterocycles. The van der Waals surface area contributed by atoms with Crippen LogP contribution >= 0.6 is 0 Å². The molecule has 0 bridgehead atoms. The van der Waals surface area contributed by atoms with Gasteiger partial charge < -0.3 is 0 Å². The molecule has 0 aromatic heterocycles. The van der Waals surface area contributed by atoms with Crippen LogP contribution in [0.25, 0.3) is 22.3 Å². The molecular formula is C20H11F6. The summed E-state index contributed by atoms with van der Waals surface area (Å²) in [7, 11) is 0. The summed E-state index contributed by atoms with van der Waals surface area (Å²) in [5, 5.41) is 0. The fraction of sp³-hybridized carbons (Fsp3) is 0.100. The van der Waals surface area contributed by atoms with Gasteiger partial charge in [-0.3, -0.25) is 0 Å². The van der Waals surface area contributed by atoms with E-state index in [1.54, 1.807) is 18.2 Å². The topological polar surface area (TPSA) is 0 Å². The molecule has 0 amide bonds. The van der Waals surface area contributed by atoms with Gasteiger partial charge in [-0.05, 0) is 70.8 Å². The summed E-state index contributed by atoms with van der Waals surface area (Å²) < 4.78 is 75.8. The summed E-state index contributed by atoms with van der Waals surface area (Å²) in [6.45, 7) is 0. The Hall–Kier alpha value is -2.76. The highest BCUT2D eigenvalue weighted by atomic mass is 19.4. The van der Waals surface area contributed by atoms with Crippen molar-refractivity contribution in [3.05, 3.63) is 83.9 Å². The van der Waals surface area contributed by atoms with E-state index in [4.69, 9.17) is 0 Å². The van der Waals surface area contributed by atoms with Crippen LogP contribution in [0.4, 0.5) is 26.3 Å². The second kappa shape index (κ2) is 6.52. The van der Waals surface area contributed by atoms with Crippen molar-refractivity contribution in [2.75, 3.05) is 0 Å². The molecule has 3 aromatic carbocycles. The molecule has 6 heteroatoms. The normalized spacial score (nSPS) is 12.2. The molecule has 0 aliphatic heterocycles. The van der Waals surface area contributed by atoms with Crippen LogP contribution in [-0.4, -0.2) is 0 Å². The number of rotatable bonds is 2. The summed E-state index contributed by atoms with van der Waals surface area (Å²) >= 11 is 0. The van der Waals surface area contributed by atoms with Crippen LogP contribution in [0.3, 0.4) is 0 Å². The molecule has 1 radical (unpaired) electrons. The largest absolute Gasteiger partial charge is 0.416 e. The summed E-state index contributed by atoms with van der Waals surface area (Å²) in [5.74, 6) is 0. The summed E-state index contributed by atoms with van der Waals surface area (Å²) in [5.41, 5.74) is 0.867. The Morgan fingerprint density at radius 3 is 1.15 bits per heavy atom. The van der Waals surface area contributed by atoms with Crippen LogP contribution in [-0.2, 0) is 12.4 Å². The van der Waals surface area contributed by atoms with Gasteiger partial charge in [0.2, 0.25) is 0 Å². The molecule has 0 saturated heterocycles. The molecule has 0 aliphatic rings. The number of benzene rings is 3. The third kappa shape index (κ3) is 3.90. The molecule has 0 saturated carbocycles. The van der Waals surface area contributed by atoms with E-state index in [9.17, 15) is 26.3 Å². The fourth-order valence-electron chi connectivity index (χ4n) is 2.51. The maximum atomic E-state index is 12.6. The zero-order valence-electron chi connectivity index (χ0n) is 13.1. The third-order valence-electron chi connectivity index (χ3n) is 3.88. The zero-order valence-corrected chi connectivity index (χ0v) is 13.1. The number of hydrogen-bond acceptors (Lipinski definition) is 0. The standard InChI is InChI=1S/C20H11F6/c21-19(22,23)17-8-4-13(5-9-17)15-2-1-3-16(12-15)14-6-10-18(11-7-14)20(24,25)26/h2-12H. The lowest BCUT2D eigenvalue weighted by Gasteiger charge is -2.10. The van der Waals surface area contributed by atoms with Gasteiger partial charge in [0.1, 0.15) is 0 Å². The molecule has 26 heavy (non-hydrogen) atoms. The van der Waals surface area contributed by atoms with Gasteiger partial charge in [-0.25, -0.2) is 0 Å². The average molecular weight is 365 g/mol. The molecule has 0 atom stereocenters. The lowest BCUT2D eigenvalue weighted by Crippen LogP contribution is -2.04. The molecule has 0 fully saturated rings. The minimum atomic E-state index is -4.41. The number of halogens is 6.